The van der Waals surface area contributed by atoms with Crippen molar-refractivity contribution in [2.45, 2.75) is 19.4 Å². The van der Waals surface area contributed by atoms with Crippen LogP contribution in [0.2, 0.25) is 0 Å². The minimum absolute atomic E-state index is 0.253. The Bertz CT molecular complexity index is 382. The molecule has 20 heavy (non-hydrogen) atoms. The Hall–Kier alpha value is -1.52. The first-order valence-corrected chi connectivity index (χ1v) is 7.01. The predicted molar refractivity (Wildman–Crippen MR) is 81.6 cm³/mol. The number of hydrogen-bond acceptors (Lipinski definition) is 4. The summed E-state index contributed by atoms with van der Waals surface area (Å²) in [5.74, 6) is 1.52. The standard InChI is InChI=1S/C16H25NO3/c1-4-14(10-12-19-5-2)17-11-13-20-16-9-7-6-8-15(16)18-3/h4,6-9,14,17H,1,5,10-13H2,2-3H3/t14-/m0/s1. The van der Waals surface area contributed by atoms with E-state index in [2.05, 4.69) is 11.9 Å². The van der Waals surface area contributed by atoms with Crippen LogP contribution < -0.4 is 14.8 Å². The third kappa shape index (κ3) is 6.08. The lowest BCUT2D eigenvalue weighted by molar-refractivity contribution is 0.139. The Morgan fingerprint density at radius 1 is 1.25 bits per heavy atom. The Labute approximate surface area is 121 Å². The molecular weight excluding hydrogens is 254 g/mol. The van der Waals surface area contributed by atoms with Crippen LogP contribution >= 0.6 is 0 Å². The highest BCUT2D eigenvalue weighted by molar-refractivity contribution is 5.39. The molecule has 0 amide bonds. The SMILES string of the molecule is C=C[C@@H](CCOCC)NCCOc1ccccc1OC. The zero-order valence-corrected chi connectivity index (χ0v) is 12.4. The van der Waals surface area contributed by atoms with Gasteiger partial charge in [-0.1, -0.05) is 18.2 Å². The number of para-hydroxylation sites is 2. The van der Waals surface area contributed by atoms with Crippen molar-refractivity contribution in [3.05, 3.63) is 36.9 Å². The summed E-state index contributed by atoms with van der Waals surface area (Å²) in [4.78, 5) is 0. The number of ether oxygens (including phenoxy) is 3. The normalized spacial score (nSPS) is 11.9. The lowest BCUT2D eigenvalue weighted by Crippen LogP contribution is -2.32. The van der Waals surface area contributed by atoms with E-state index in [1.54, 1.807) is 7.11 Å². The molecule has 0 saturated heterocycles. The van der Waals surface area contributed by atoms with Crippen LogP contribution in [-0.4, -0.2) is 39.5 Å². The first-order chi connectivity index (χ1) is 9.81. The summed E-state index contributed by atoms with van der Waals surface area (Å²) in [6, 6.07) is 7.89. The topological polar surface area (TPSA) is 39.7 Å². The average Bonchev–Trinajstić information content (AvgIpc) is 2.50. The van der Waals surface area contributed by atoms with Crippen molar-refractivity contribution < 1.29 is 14.2 Å². The fourth-order valence-electron chi connectivity index (χ4n) is 1.80. The van der Waals surface area contributed by atoms with Gasteiger partial charge in [-0.25, -0.2) is 0 Å². The molecule has 1 N–H and O–H groups in total. The van der Waals surface area contributed by atoms with Gasteiger partial charge in [-0.05, 0) is 25.5 Å². The van der Waals surface area contributed by atoms with Crippen LogP contribution in [-0.2, 0) is 4.74 Å². The summed E-state index contributed by atoms with van der Waals surface area (Å²) < 4.78 is 16.3. The van der Waals surface area contributed by atoms with Gasteiger partial charge in [-0.2, -0.15) is 0 Å². The molecule has 112 valence electrons. The van der Waals surface area contributed by atoms with E-state index < -0.39 is 0 Å². The van der Waals surface area contributed by atoms with Crippen LogP contribution in [0.3, 0.4) is 0 Å². The zero-order valence-electron chi connectivity index (χ0n) is 12.4. The molecule has 4 heteroatoms. The molecule has 1 aromatic carbocycles. The van der Waals surface area contributed by atoms with Gasteiger partial charge in [-0.15, -0.1) is 6.58 Å². The van der Waals surface area contributed by atoms with Crippen molar-refractivity contribution in [2.75, 3.05) is 33.5 Å². The van der Waals surface area contributed by atoms with Crippen LogP contribution in [0.4, 0.5) is 0 Å². The van der Waals surface area contributed by atoms with Gasteiger partial charge in [0.2, 0.25) is 0 Å². The second kappa shape index (κ2) is 10.3. The third-order valence-corrected chi connectivity index (χ3v) is 2.90. The van der Waals surface area contributed by atoms with Crippen molar-refractivity contribution in [2.24, 2.45) is 0 Å². The zero-order chi connectivity index (χ0) is 14.6. The van der Waals surface area contributed by atoms with Gasteiger partial charge in [0.25, 0.3) is 0 Å². The second-order valence-electron chi connectivity index (χ2n) is 4.28. The van der Waals surface area contributed by atoms with E-state index in [0.717, 1.165) is 37.7 Å². The number of benzene rings is 1. The smallest absolute Gasteiger partial charge is 0.161 e. The predicted octanol–water partition coefficient (Wildman–Crippen LogP) is 2.64. The molecule has 0 aromatic heterocycles. The highest BCUT2D eigenvalue weighted by atomic mass is 16.5. The summed E-state index contributed by atoms with van der Waals surface area (Å²) >= 11 is 0. The largest absolute Gasteiger partial charge is 0.493 e. The van der Waals surface area contributed by atoms with E-state index >= 15 is 0 Å². The van der Waals surface area contributed by atoms with Gasteiger partial charge < -0.3 is 19.5 Å². The molecule has 1 atom stereocenters. The Morgan fingerprint density at radius 3 is 2.65 bits per heavy atom. The molecule has 4 nitrogen and oxygen atoms in total. The first kappa shape index (κ1) is 16.5. The molecule has 0 aliphatic rings. The molecule has 0 saturated carbocycles. The van der Waals surface area contributed by atoms with E-state index in [0.29, 0.717) is 6.61 Å². The highest BCUT2D eigenvalue weighted by Gasteiger charge is 2.04. The minimum atomic E-state index is 0.253. The Kier molecular flexibility index (Phi) is 8.51. The van der Waals surface area contributed by atoms with Gasteiger partial charge in [0.15, 0.2) is 11.5 Å². The highest BCUT2D eigenvalue weighted by Crippen LogP contribution is 2.25. The molecule has 0 radical (unpaired) electrons. The maximum atomic E-state index is 5.70. The number of rotatable bonds is 11. The molecule has 1 aromatic rings. The summed E-state index contributed by atoms with van der Waals surface area (Å²) in [5, 5.41) is 3.37. The first-order valence-electron chi connectivity index (χ1n) is 7.01. The van der Waals surface area contributed by atoms with Crippen molar-refractivity contribution >= 4 is 0 Å². The minimum Gasteiger partial charge on any atom is -0.493 e. The third-order valence-electron chi connectivity index (χ3n) is 2.90. The Morgan fingerprint density at radius 2 is 2.00 bits per heavy atom. The summed E-state index contributed by atoms with van der Waals surface area (Å²) in [6.07, 6.45) is 2.83. The maximum Gasteiger partial charge on any atom is 0.161 e. The van der Waals surface area contributed by atoms with Crippen molar-refractivity contribution in [3.8, 4) is 11.5 Å². The number of hydrogen-bond donors (Lipinski definition) is 1. The van der Waals surface area contributed by atoms with Crippen molar-refractivity contribution in [1.82, 2.24) is 5.32 Å². The fourth-order valence-corrected chi connectivity index (χ4v) is 1.80. The summed E-state index contributed by atoms with van der Waals surface area (Å²) in [7, 11) is 1.64. The van der Waals surface area contributed by atoms with Crippen LogP contribution in [0, 0.1) is 0 Å². The van der Waals surface area contributed by atoms with E-state index in [9.17, 15) is 0 Å². The molecule has 0 spiro atoms. The number of nitrogens with one attached hydrogen (secondary N) is 1. The number of methoxy groups -OCH3 is 1. The van der Waals surface area contributed by atoms with E-state index in [1.165, 1.54) is 0 Å². The van der Waals surface area contributed by atoms with Crippen molar-refractivity contribution in [1.29, 1.82) is 0 Å². The molecule has 0 unspecified atom stereocenters. The monoisotopic (exact) mass is 279 g/mol. The van der Waals surface area contributed by atoms with Gasteiger partial charge in [0.1, 0.15) is 6.61 Å². The van der Waals surface area contributed by atoms with Gasteiger partial charge >= 0.3 is 0 Å². The molecule has 1 rings (SSSR count). The van der Waals surface area contributed by atoms with E-state index in [1.807, 2.05) is 37.3 Å². The second-order valence-corrected chi connectivity index (χ2v) is 4.28. The Balaban J connectivity index is 2.24. The molecule has 0 bridgehead atoms. The summed E-state index contributed by atoms with van der Waals surface area (Å²) in [5.41, 5.74) is 0. The van der Waals surface area contributed by atoms with Crippen LogP contribution in [0.15, 0.2) is 36.9 Å². The quantitative estimate of drug-likeness (QED) is 0.499. The van der Waals surface area contributed by atoms with Crippen LogP contribution in [0.1, 0.15) is 13.3 Å². The van der Waals surface area contributed by atoms with Crippen molar-refractivity contribution in [3.63, 3.8) is 0 Å². The average molecular weight is 279 g/mol. The van der Waals surface area contributed by atoms with Crippen LogP contribution in [0.25, 0.3) is 0 Å². The fraction of sp³-hybridized carbons (Fsp3) is 0.500. The molecule has 0 fully saturated rings. The van der Waals surface area contributed by atoms with Gasteiger partial charge in [0.05, 0.1) is 7.11 Å². The van der Waals surface area contributed by atoms with E-state index in [4.69, 9.17) is 14.2 Å². The van der Waals surface area contributed by atoms with Gasteiger partial charge in [0, 0.05) is 25.8 Å². The lowest BCUT2D eigenvalue weighted by atomic mass is 10.2. The van der Waals surface area contributed by atoms with E-state index in [-0.39, 0.29) is 6.04 Å². The maximum absolute atomic E-state index is 5.70. The summed E-state index contributed by atoms with van der Waals surface area (Å²) in [6.45, 7) is 8.65. The van der Waals surface area contributed by atoms with Gasteiger partial charge in [-0.3, -0.25) is 0 Å². The molecular formula is C16H25NO3. The molecule has 0 aliphatic carbocycles. The molecule has 0 aliphatic heterocycles. The lowest BCUT2D eigenvalue weighted by Gasteiger charge is -2.15. The van der Waals surface area contributed by atoms with Crippen LogP contribution in [0.5, 0.6) is 11.5 Å². The molecule has 0 heterocycles.